The molecule has 0 N–H and O–H groups in total. The van der Waals surface area contributed by atoms with Gasteiger partial charge >= 0.3 is 0 Å². The summed E-state index contributed by atoms with van der Waals surface area (Å²) in [7, 11) is 0. The first kappa shape index (κ1) is 27.9. The highest BCUT2D eigenvalue weighted by molar-refractivity contribution is 8.00. The minimum absolute atomic E-state index is 0.0627. The fourth-order valence-corrected chi connectivity index (χ4v) is 5.21. The predicted molar refractivity (Wildman–Crippen MR) is 142 cm³/mol. The number of nitrogens with zero attached hydrogens (tertiary/aromatic N) is 2. The van der Waals surface area contributed by atoms with Gasteiger partial charge < -0.3 is 9.21 Å². The molecule has 0 heterocycles. The van der Waals surface area contributed by atoms with Gasteiger partial charge in [0.1, 0.15) is 17.5 Å². The number of carbonyl (C=O) groups excluding carboxylic acids is 1. The number of aryl methyl sites for hydroxylation is 1. The molecule has 0 aromatic heterocycles. The zero-order valence-corrected chi connectivity index (χ0v) is 22.2. The molecule has 1 unspecified atom stereocenters. The number of rotatable bonds is 11. The third-order valence-corrected chi connectivity index (χ3v) is 7.47. The van der Waals surface area contributed by atoms with E-state index in [1.807, 2.05) is 20.8 Å². The zero-order chi connectivity index (χ0) is 26.2. The van der Waals surface area contributed by atoms with E-state index in [0.29, 0.717) is 37.4 Å². The van der Waals surface area contributed by atoms with Crippen LogP contribution in [-0.2, 0) is 11.2 Å². The molecule has 0 bridgehead atoms. The Morgan fingerprint density at radius 1 is 0.944 bits per heavy atom. The Labute approximate surface area is 220 Å². The Balaban J connectivity index is 1.92. The standard InChI is InChI=1S/C28H30ClF3N2OS/c1-4-33(5-2)28(35)8-6-7-20-17-22(30)11-15-25(20)19(3)34(27-18-23(31)12-16-26(27)32)36-24-13-9-21(29)10-14-24/h9-19H,4-8H2,1-3H3. The molecule has 3 aromatic rings. The predicted octanol–water partition coefficient (Wildman–Crippen LogP) is 8.22. The normalized spacial score (nSPS) is 11.9. The highest BCUT2D eigenvalue weighted by Gasteiger charge is 2.24. The second kappa shape index (κ2) is 13.1. The van der Waals surface area contributed by atoms with E-state index >= 15 is 0 Å². The first-order valence-electron chi connectivity index (χ1n) is 12.0. The first-order valence-corrected chi connectivity index (χ1v) is 13.1. The lowest BCUT2D eigenvalue weighted by Crippen LogP contribution is -2.30. The Morgan fingerprint density at radius 3 is 2.25 bits per heavy atom. The van der Waals surface area contributed by atoms with E-state index in [2.05, 4.69) is 0 Å². The van der Waals surface area contributed by atoms with E-state index < -0.39 is 17.7 Å². The summed E-state index contributed by atoms with van der Waals surface area (Å²) in [6.45, 7) is 7.03. The maximum absolute atomic E-state index is 14.9. The van der Waals surface area contributed by atoms with Crippen LogP contribution in [0.25, 0.3) is 0 Å². The van der Waals surface area contributed by atoms with Crippen LogP contribution in [0.2, 0.25) is 5.02 Å². The van der Waals surface area contributed by atoms with E-state index in [-0.39, 0.29) is 17.4 Å². The maximum Gasteiger partial charge on any atom is 0.222 e. The molecule has 0 fully saturated rings. The summed E-state index contributed by atoms with van der Waals surface area (Å²) in [5, 5.41) is 0.566. The molecule has 8 heteroatoms. The third kappa shape index (κ3) is 7.20. The van der Waals surface area contributed by atoms with Gasteiger partial charge in [-0.3, -0.25) is 4.79 Å². The van der Waals surface area contributed by atoms with Crippen LogP contribution in [0.3, 0.4) is 0 Å². The lowest BCUT2D eigenvalue weighted by molar-refractivity contribution is -0.130. The minimum atomic E-state index is -0.571. The van der Waals surface area contributed by atoms with Crippen molar-refractivity contribution in [3.05, 3.63) is 94.3 Å². The average molecular weight is 535 g/mol. The summed E-state index contributed by atoms with van der Waals surface area (Å²) in [6, 6.07) is 14.4. The van der Waals surface area contributed by atoms with Crippen molar-refractivity contribution in [3.8, 4) is 0 Å². The molecule has 36 heavy (non-hydrogen) atoms. The number of anilines is 1. The fourth-order valence-electron chi connectivity index (χ4n) is 4.09. The Kier molecular flexibility index (Phi) is 10.1. The molecule has 0 saturated heterocycles. The molecule has 0 aliphatic carbocycles. The monoisotopic (exact) mass is 534 g/mol. The molecule has 0 spiro atoms. The summed E-state index contributed by atoms with van der Waals surface area (Å²) in [6.07, 6.45) is 1.39. The van der Waals surface area contributed by atoms with Gasteiger partial charge in [-0.25, -0.2) is 13.2 Å². The second-order valence-electron chi connectivity index (χ2n) is 8.41. The van der Waals surface area contributed by atoms with Crippen molar-refractivity contribution in [2.24, 2.45) is 0 Å². The molecule has 0 aliphatic rings. The van der Waals surface area contributed by atoms with Crippen LogP contribution >= 0.6 is 23.5 Å². The van der Waals surface area contributed by atoms with Crippen LogP contribution < -0.4 is 4.31 Å². The maximum atomic E-state index is 14.9. The molecular formula is C28H30ClF3N2OS. The lowest BCUT2D eigenvalue weighted by atomic mass is 9.96. The molecule has 0 radical (unpaired) electrons. The molecule has 0 saturated carbocycles. The molecule has 0 aliphatic heterocycles. The Morgan fingerprint density at radius 2 is 1.58 bits per heavy atom. The topological polar surface area (TPSA) is 23.6 Å². The Hall–Kier alpha value is -2.64. The van der Waals surface area contributed by atoms with E-state index in [4.69, 9.17) is 11.6 Å². The van der Waals surface area contributed by atoms with Crippen molar-refractivity contribution in [1.82, 2.24) is 4.90 Å². The van der Waals surface area contributed by atoms with Crippen LogP contribution in [0.15, 0.2) is 65.6 Å². The van der Waals surface area contributed by atoms with E-state index in [1.54, 1.807) is 39.5 Å². The van der Waals surface area contributed by atoms with Gasteiger partial charge in [-0.1, -0.05) is 17.7 Å². The lowest BCUT2D eigenvalue weighted by Gasteiger charge is -2.32. The number of carbonyl (C=O) groups is 1. The minimum Gasteiger partial charge on any atom is -0.343 e. The highest BCUT2D eigenvalue weighted by Crippen LogP contribution is 2.40. The van der Waals surface area contributed by atoms with Crippen LogP contribution in [0, 0.1) is 17.5 Å². The second-order valence-corrected chi connectivity index (χ2v) is 9.89. The molecule has 3 aromatic carbocycles. The summed E-state index contributed by atoms with van der Waals surface area (Å²) in [4.78, 5) is 15.0. The summed E-state index contributed by atoms with van der Waals surface area (Å²) in [5.74, 6) is -1.45. The Bertz CT molecular complexity index is 1170. The molecule has 192 valence electrons. The number of hydrogen-bond donors (Lipinski definition) is 0. The first-order chi connectivity index (χ1) is 17.2. The summed E-state index contributed by atoms with van der Waals surface area (Å²) >= 11 is 7.26. The van der Waals surface area contributed by atoms with Crippen LogP contribution in [-0.4, -0.2) is 23.9 Å². The van der Waals surface area contributed by atoms with Crippen molar-refractivity contribution in [3.63, 3.8) is 0 Å². The molecule has 3 nitrogen and oxygen atoms in total. The number of halogens is 4. The van der Waals surface area contributed by atoms with Crippen molar-refractivity contribution in [2.45, 2.75) is 51.0 Å². The van der Waals surface area contributed by atoms with Crippen LogP contribution in [0.5, 0.6) is 0 Å². The number of hydrogen-bond acceptors (Lipinski definition) is 3. The van der Waals surface area contributed by atoms with Crippen LogP contribution in [0.4, 0.5) is 18.9 Å². The van der Waals surface area contributed by atoms with Crippen LogP contribution in [0.1, 0.15) is 50.8 Å². The third-order valence-electron chi connectivity index (χ3n) is 6.02. The average Bonchev–Trinajstić information content (AvgIpc) is 2.86. The van der Waals surface area contributed by atoms with Gasteiger partial charge in [0.2, 0.25) is 5.91 Å². The zero-order valence-electron chi connectivity index (χ0n) is 20.6. The quantitative estimate of drug-likeness (QED) is 0.231. The van der Waals surface area contributed by atoms with Gasteiger partial charge in [0.05, 0.1) is 11.7 Å². The van der Waals surface area contributed by atoms with E-state index in [9.17, 15) is 18.0 Å². The largest absolute Gasteiger partial charge is 0.343 e. The van der Waals surface area contributed by atoms with Gasteiger partial charge in [0.15, 0.2) is 0 Å². The van der Waals surface area contributed by atoms with Crippen molar-refractivity contribution in [2.75, 3.05) is 17.4 Å². The van der Waals surface area contributed by atoms with Crippen molar-refractivity contribution < 1.29 is 18.0 Å². The summed E-state index contributed by atoms with van der Waals surface area (Å²) in [5.41, 5.74) is 1.58. The van der Waals surface area contributed by atoms with Gasteiger partial charge in [-0.05, 0) is 105 Å². The molecular weight excluding hydrogens is 505 g/mol. The fraction of sp³-hybridized carbons (Fsp3) is 0.321. The summed E-state index contributed by atoms with van der Waals surface area (Å²) < 4.78 is 45.0. The number of amides is 1. The smallest absolute Gasteiger partial charge is 0.222 e. The van der Waals surface area contributed by atoms with E-state index in [0.717, 1.165) is 34.2 Å². The van der Waals surface area contributed by atoms with Crippen molar-refractivity contribution in [1.29, 1.82) is 0 Å². The van der Waals surface area contributed by atoms with Gasteiger partial charge in [-0.15, -0.1) is 0 Å². The van der Waals surface area contributed by atoms with Gasteiger partial charge in [-0.2, -0.15) is 0 Å². The highest BCUT2D eigenvalue weighted by atomic mass is 35.5. The molecule has 3 rings (SSSR count). The SMILES string of the molecule is CCN(CC)C(=O)CCCc1cc(F)ccc1C(C)N(Sc1ccc(Cl)cc1)c1cc(F)ccc1F. The molecule has 1 atom stereocenters. The number of benzene rings is 3. The van der Waals surface area contributed by atoms with Gasteiger partial charge in [0, 0.05) is 35.5 Å². The van der Waals surface area contributed by atoms with E-state index in [1.165, 1.54) is 24.1 Å². The van der Waals surface area contributed by atoms with Gasteiger partial charge in [0.25, 0.3) is 0 Å². The molecule has 1 amide bonds. The van der Waals surface area contributed by atoms with Crippen molar-refractivity contribution >= 4 is 35.1 Å².